The standard InChI is InChI=1S/C8H18N2O/c1-6(2)8-4-9-7(5-11)3-10-8/h6-11H,3-5H2,1-2H3/t7-,8-/m1/s1. The summed E-state index contributed by atoms with van der Waals surface area (Å²) in [4.78, 5) is 0. The van der Waals surface area contributed by atoms with Gasteiger partial charge in [-0.1, -0.05) is 13.8 Å². The fraction of sp³-hybridized carbons (Fsp3) is 1.00. The van der Waals surface area contributed by atoms with Crippen LogP contribution in [0.25, 0.3) is 0 Å². The first kappa shape index (κ1) is 8.97. The Kier molecular flexibility index (Phi) is 3.30. The molecule has 3 nitrogen and oxygen atoms in total. The minimum Gasteiger partial charge on any atom is -0.395 e. The third-order valence-corrected chi connectivity index (χ3v) is 2.28. The van der Waals surface area contributed by atoms with Gasteiger partial charge in [0.2, 0.25) is 0 Å². The smallest absolute Gasteiger partial charge is 0.0597 e. The first-order valence-electron chi connectivity index (χ1n) is 4.31. The second kappa shape index (κ2) is 4.04. The summed E-state index contributed by atoms with van der Waals surface area (Å²) >= 11 is 0. The van der Waals surface area contributed by atoms with Crippen LogP contribution in [0.2, 0.25) is 0 Å². The summed E-state index contributed by atoms with van der Waals surface area (Å²) in [5.74, 6) is 0.669. The van der Waals surface area contributed by atoms with Crippen molar-refractivity contribution < 1.29 is 5.11 Å². The van der Waals surface area contributed by atoms with Crippen LogP contribution in [0.5, 0.6) is 0 Å². The SMILES string of the molecule is CC(C)[C@H]1CN[C@@H](CO)CN1. The number of aliphatic hydroxyl groups excluding tert-OH is 1. The van der Waals surface area contributed by atoms with Gasteiger partial charge in [0.15, 0.2) is 0 Å². The lowest BCUT2D eigenvalue weighted by Gasteiger charge is -2.32. The van der Waals surface area contributed by atoms with Crippen LogP contribution >= 0.6 is 0 Å². The van der Waals surface area contributed by atoms with Crippen LogP contribution in [-0.4, -0.2) is 36.9 Å². The quantitative estimate of drug-likeness (QED) is 0.511. The maximum Gasteiger partial charge on any atom is 0.0597 e. The first-order chi connectivity index (χ1) is 5.24. The number of rotatable bonds is 2. The second-order valence-electron chi connectivity index (χ2n) is 3.55. The van der Waals surface area contributed by atoms with Crippen molar-refractivity contribution in [1.82, 2.24) is 10.6 Å². The Balaban J connectivity index is 2.24. The molecule has 0 amide bonds. The van der Waals surface area contributed by atoms with E-state index in [1.807, 2.05) is 0 Å². The molecule has 1 saturated heterocycles. The molecule has 0 unspecified atom stereocenters. The van der Waals surface area contributed by atoms with E-state index in [0.29, 0.717) is 12.0 Å². The molecule has 0 bridgehead atoms. The van der Waals surface area contributed by atoms with Gasteiger partial charge in [-0.3, -0.25) is 0 Å². The molecular formula is C8H18N2O. The van der Waals surface area contributed by atoms with Gasteiger partial charge in [0.05, 0.1) is 6.61 Å². The minimum atomic E-state index is 0.234. The van der Waals surface area contributed by atoms with E-state index in [1.165, 1.54) is 0 Å². The van der Waals surface area contributed by atoms with Gasteiger partial charge in [-0.05, 0) is 5.92 Å². The van der Waals surface area contributed by atoms with Gasteiger partial charge in [-0.15, -0.1) is 0 Å². The van der Waals surface area contributed by atoms with Gasteiger partial charge >= 0.3 is 0 Å². The van der Waals surface area contributed by atoms with Crippen molar-refractivity contribution in [3.05, 3.63) is 0 Å². The van der Waals surface area contributed by atoms with Gasteiger partial charge in [0.25, 0.3) is 0 Å². The molecule has 0 aromatic carbocycles. The number of aliphatic hydroxyl groups is 1. The Morgan fingerprint density at radius 3 is 2.45 bits per heavy atom. The van der Waals surface area contributed by atoms with E-state index in [0.717, 1.165) is 13.1 Å². The van der Waals surface area contributed by atoms with Gasteiger partial charge < -0.3 is 15.7 Å². The molecular weight excluding hydrogens is 140 g/mol. The van der Waals surface area contributed by atoms with E-state index < -0.39 is 0 Å². The summed E-state index contributed by atoms with van der Waals surface area (Å²) in [6.07, 6.45) is 0. The monoisotopic (exact) mass is 158 g/mol. The average molecular weight is 158 g/mol. The van der Waals surface area contributed by atoms with Crippen molar-refractivity contribution in [2.45, 2.75) is 25.9 Å². The molecule has 3 N–H and O–H groups in total. The molecule has 1 fully saturated rings. The number of hydrogen-bond acceptors (Lipinski definition) is 3. The van der Waals surface area contributed by atoms with Crippen molar-refractivity contribution in [3.63, 3.8) is 0 Å². The third kappa shape index (κ3) is 2.43. The van der Waals surface area contributed by atoms with E-state index in [-0.39, 0.29) is 12.6 Å². The Morgan fingerprint density at radius 1 is 1.36 bits per heavy atom. The number of piperazine rings is 1. The Morgan fingerprint density at radius 2 is 2.09 bits per heavy atom. The lowest BCUT2D eigenvalue weighted by Crippen LogP contribution is -2.57. The predicted molar refractivity (Wildman–Crippen MR) is 45.5 cm³/mol. The Labute approximate surface area is 68.2 Å². The number of hydrogen-bond donors (Lipinski definition) is 3. The zero-order chi connectivity index (χ0) is 8.27. The summed E-state index contributed by atoms with van der Waals surface area (Å²) in [6, 6.07) is 0.822. The molecule has 3 heteroatoms. The highest BCUT2D eigenvalue weighted by molar-refractivity contribution is 4.83. The average Bonchev–Trinajstić information content (AvgIpc) is 2.05. The molecule has 1 aliphatic rings. The lowest BCUT2D eigenvalue weighted by atomic mass is 10.0. The van der Waals surface area contributed by atoms with Crippen LogP contribution in [-0.2, 0) is 0 Å². The second-order valence-corrected chi connectivity index (χ2v) is 3.55. The van der Waals surface area contributed by atoms with Gasteiger partial charge in [0.1, 0.15) is 0 Å². The van der Waals surface area contributed by atoms with Crippen molar-refractivity contribution in [1.29, 1.82) is 0 Å². The zero-order valence-electron chi connectivity index (χ0n) is 7.30. The van der Waals surface area contributed by atoms with E-state index >= 15 is 0 Å². The molecule has 0 aromatic heterocycles. The van der Waals surface area contributed by atoms with Gasteiger partial charge in [-0.2, -0.15) is 0 Å². The zero-order valence-corrected chi connectivity index (χ0v) is 7.30. The van der Waals surface area contributed by atoms with Gasteiger partial charge in [0, 0.05) is 25.2 Å². The van der Waals surface area contributed by atoms with Gasteiger partial charge in [-0.25, -0.2) is 0 Å². The molecule has 0 spiro atoms. The molecule has 1 heterocycles. The maximum atomic E-state index is 8.81. The molecule has 1 rings (SSSR count). The van der Waals surface area contributed by atoms with Crippen LogP contribution in [0.4, 0.5) is 0 Å². The minimum absolute atomic E-state index is 0.234. The highest BCUT2D eigenvalue weighted by Gasteiger charge is 2.20. The van der Waals surface area contributed by atoms with Crippen molar-refractivity contribution in [2.75, 3.05) is 19.7 Å². The molecule has 2 atom stereocenters. The summed E-state index contributed by atoms with van der Waals surface area (Å²) in [5, 5.41) is 15.5. The van der Waals surface area contributed by atoms with E-state index in [1.54, 1.807) is 0 Å². The van der Waals surface area contributed by atoms with Crippen molar-refractivity contribution in [2.24, 2.45) is 5.92 Å². The molecule has 0 aromatic rings. The molecule has 1 aliphatic heterocycles. The lowest BCUT2D eigenvalue weighted by molar-refractivity contribution is 0.200. The van der Waals surface area contributed by atoms with Crippen LogP contribution in [0.3, 0.4) is 0 Å². The van der Waals surface area contributed by atoms with E-state index in [4.69, 9.17) is 5.11 Å². The van der Waals surface area contributed by atoms with E-state index in [9.17, 15) is 0 Å². The third-order valence-electron chi connectivity index (χ3n) is 2.28. The molecule has 11 heavy (non-hydrogen) atoms. The van der Waals surface area contributed by atoms with Crippen LogP contribution in [0.15, 0.2) is 0 Å². The fourth-order valence-corrected chi connectivity index (χ4v) is 1.33. The molecule has 0 radical (unpaired) electrons. The largest absolute Gasteiger partial charge is 0.395 e. The highest BCUT2D eigenvalue weighted by atomic mass is 16.3. The van der Waals surface area contributed by atoms with Crippen molar-refractivity contribution in [3.8, 4) is 0 Å². The molecule has 0 saturated carbocycles. The fourth-order valence-electron chi connectivity index (χ4n) is 1.33. The highest BCUT2D eigenvalue weighted by Crippen LogP contribution is 2.03. The van der Waals surface area contributed by atoms with Crippen molar-refractivity contribution >= 4 is 0 Å². The number of nitrogens with one attached hydrogen (secondary N) is 2. The topological polar surface area (TPSA) is 44.3 Å². The summed E-state index contributed by atoms with van der Waals surface area (Å²) in [5.41, 5.74) is 0. The summed E-state index contributed by atoms with van der Waals surface area (Å²) in [6.45, 7) is 6.51. The summed E-state index contributed by atoms with van der Waals surface area (Å²) in [7, 11) is 0. The molecule has 0 aliphatic carbocycles. The first-order valence-corrected chi connectivity index (χ1v) is 4.31. The Hall–Kier alpha value is -0.120. The normalized spacial score (nSPS) is 32.7. The van der Waals surface area contributed by atoms with Crippen LogP contribution < -0.4 is 10.6 Å². The van der Waals surface area contributed by atoms with Crippen LogP contribution in [0, 0.1) is 5.92 Å². The van der Waals surface area contributed by atoms with Crippen LogP contribution in [0.1, 0.15) is 13.8 Å². The Bertz CT molecular complexity index is 109. The maximum absolute atomic E-state index is 8.81. The predicted octanol–water partition coefficient (Wildman–Crippen LogP) is -0.435. The van der Waals surface area contributed by atoms with E-state index in [2.05, 4.69) is 24.5 Å². The summed E-state index contributed by atoms with van der Waals surface area (Å²) < 4.78 is 0. The molecule has 66 valence electrons.